The molecule has 1 aromatic carbocycles. The second-order valence-corrected chi connectivity index (χ2v) is 6.04. The van der Waals surface area contributed by atoms with E-state index in [1.807, 2.05) is 59.1 Å². The van der Waals surface area contributed by atoms with Crippen molar-refractivity contribution in [3.05, 3.63) is 24.3 Å². The van der Waals surface area contributed by atoms with Gasteiger partial charge in [-0.2, -0.15) is 0 Å². The number of likely N-dealkylation sites (N-methyl/N-ethyl adjacent to an activating group) is 1. The maximum absolute atomic E-state index is 12.5. The summed E-state index contributed by atoms with van der Waals surface area (Å²) in [7, 11) is 4.02. The monoisotopic (exact) mass is 322 g/mol. The minimum absolute atomic E-state index is 0.109. The van der Waals surface area contributed by atoms with Gasteiger partial charge in [-0.15, -0.1) is 0 Å². The fraction of sp³-hybridized carbons (Fsp3) is 0.611. The number of nitrogens with zero attached hydrogens (tertiary/aromatic N) is 1. The van der Waals surface area contributed by atoms with Gasteiger partial charge in [0.2, 0.25) is 0 Å². The van der Waals surface area contributed by atoms with Crippen molar-refractivity contribution in [1.29, 1.82) is 0 Å². The highest BCUT2D eigenvalue weighted by Gasteiger charge is 2.32. The molecule has 0 aliphatic heterocycles. The lowest BCUT2D eigenvalue weighted by Gasteiger charge is -2.27. The standard InChI is InChI=1S/C18H30N2O3/c1-6-12-18(3,23-7-2)17(21)19-15-8-10-16(11-9-15)22-14-13-20(4)5/h8-11H,6-7,12-14H2,1-5H3,(H,19,21)/t18-/m1/s1. The molecule has 0 saturated carbocycles. The molecule has 0 bridgehead atoms. The van der Waals surface area contributed by atoms with E-state index < -0.39 is 5.60 Å². The van der Waals surface area contributed by atoms with E-state index in [2.05, 4.69) is 10.2 Å². The summed E-state index contributed by atoms with van der Waals surface area (Å²) in [6.07, 6.45) is 1.58. The van der Waals surface area contributed by atoms with Crippen LogP contribution in [0, 0.1) is 0 Å². The van der Waals surface area contributed by atoms with Crippen LogP contribution in [-0.4, -0.2) is 50.3 Å². The number of carbonyl (C=O) groups excluding carboxylic acids is 1. The zero-order valence-electron chi connectivity index (χ0n) is 15.0. The van der Waals surface area contributed by atoms with E-state index in [4.69, 9.17) is 9.47 Å². The molecule has 1 atom stereocenters. The second kappa shape index (κ2) is 9.53. The lowest BCUT2D eigenvalue weighted by atomic mass is 9.99. The van der Waals surface area contributed by atoms with Crippen molar-refractivity contribution in [2.75, 3.05) is 39.2 Å². The third-order valence-corrected chi connectivity index (χ3v) is 3.59. The largest absolute Gasteiger partial charge is 0.492 e. The van der Waals surface area contributed by atoms with Crippen LogP contribution >= 0.6 is 0 Å². The molecule has 0 saturated heterocycles. The van der Waals surface area contributed by atoms with Gasteiger partial charge in [-0.3, -0.25) is 4.79 Å². The van der Waals surface area contributed by atoms with Crippen LogP contribution in [-0.2, 0) is 9.53 Å². The van der Waals surface area contributed by atoms with Gasteiger partial charge in [-0.1, -0.05) is 13.3 Å². The van der Waals surface area contributed by atoms with Crippen molar-refractivity contribution < 1.29 is 14.3 Å². The number of benzene rings is 1. The molecule has 5 nitrogen and oxygen atoms in total. The maximum atomic E-state index is 12.5. The van der Waals surface area contributed by atoms with Crippen LogP contribution in [0.1, 0.15) is 33.6 Å². The first kappa shape index (κ1) is 19.5. The molecule has 0 aliphatic rings. The molecule has 0 aliphatic carbocycles. The first-order chi connectivity index (χ1) is 10.9. The summed E-state index contributed by atoms with van der Waals surface area (Å²) < 4.78 is 11.3. The van der Waals surface area contributed by atoms with Crippen LogP contribution in [0.4, 0.5) is 5.69 Å². The summed E-state index contributed by atoms with van der Waals surface area (Å²) in [5.41, 5.74) is -0.0401. The highest BCUT2D eigenvalue weighted by molar-refractivity contribution is 5.97. The Balaban J connectivity index is 2.61. The Bertz CT molecular complexity index is 466. The third kappa shape index (κ3) is 6.59. The van der Waals surface area contributed by atoms with Crippen LogP contribution in [0.5, 0.6) is 5.75 Å². The van der Waals surface area contributed by atoms with Gasteiger partial charge >= 0.3 is 0 Å². The third-order valence-electron chi connectivity index (χ3n) is 3.59. The predicted molar refractivity (Wildman–Crippen MR) is 94.1 cm³/mol. The lowest BCUT2D eigenvalue weighted by molar-refractivity contribution is -0.139. The van der Waals surface area contributed by atoms with Gasteiger partial charge < -0.3 is 19.7 Å². The molecule has 0 fully saturated rings. The first-order valence-electron chi connectivity index (χ1n) is 8.24. The van der Waals surface area contributed by atoms with Crippen molar-refractivity contribution in [1.82, 2.24) is 4.90 Å². The van der Waals surface area contributed by atoms with Gasteiger partial charge in [0.15, 0.2) is 0 Å². The zero-order chi connectivity index (χ0) is 17.3. The number of hydrogen-bond donors (Lipinski definition) is 1. The molecule has 0 radical (unpaired) electrons. The minimum Gasteiger partial charge on any atom is -0.492 e. The van der Waals surface area contributed by atoms with E-state index >= 15 is 0 Å². The van der Waals surface area contributed by atoms with Gasteiger partial charge in [-0.25, -0.2) is 0 Å². The Morgan fingerprint density at radius 2 is 1.87 bits per heavy atom. The molecule has 130 valence electrons. The highest BCUT2D eigenvalue weighted by Crippen LogP contribution is 2.22. The normalized spacial score (nSPS) is 13.7. The van der Waals surface area contributed by atoms with Gasteiger partial charge in [0.1, 0.15) is 18.0 Å². The number of carbonyl (C=O) groups is 1. The molecule has 0 unspecified atom stereocenters. The fourth-order valence-corrected chi connectivity index (χ4v) is 2.29. The summed E-state index contributed by atoms with van der Waals surface area (Å²) in [6, 6.07) is 7.43. The number of anilines is 1. The molecule has 5 heteroatoms. The van der Waals surface area contributed by atoms with Crippen LogP contribution in [0.3, 0.4) is 0 Å². The number of amides is 1. The Labute approximate surface area is 140 Å². The van der Waals surface area contributed by atoms with Crippen LogP contribution in [0.25, 0.3) is 0 Å². The maximum Gasteiger partial charge on any atom is 0.256 e. The molecule has 0 heterocycles. The van der Waals surface area contributed by atoms with Crippen LogP contribution in [0.15, 0.2) is 24.3 Å². The second-order valence-electron chi connectivity index (χ2n) is 6.04. The number of ether oxygens (including phenoxy) is 2. The van der Waals surface area contributed by atoms with Gasteiger partial charge in [-0.05, 0) is 58.6 Å². The molecule has 1 N–H and O–H groups in total. The van der Waals surface area contributed by atoms with E-state index in [0.29, 0.717) is 19.6 Å². The number of nitrogens with one attached hydrogen (secondary N) is 1. The quantitative estimate of drug-likeness (QED) is 0.719. The van der Waals surface area contributed by atoms with E-state index in [1.165, 1.54) is 0 Å². The van der Waals surface area contributed by atoms with E-state index in [0.717, 1.165) is 24.4 Å². The molecule has 23 heavy (non-hydrogen) atoms. The Hall–Kier alpha value is -1.59. The summed E-state index contributed by atoms with van der Waals surface area (Å²) in [5, 5.41) is 2.93. The summed E-state index contributed by atoms with van der Waals surface area (Å²) in [4.78, 5) is 14.5. The number of hydrogen-bond acceptors (Lipinski definition) is 4. The van der Waals surface area contributed by atoms with Crippen molar-refractivity contribution in [2.45, 2.75) is 39.2 Å². The smallest absolute Gasteiger partial charge is 0.256 e. The number of rotatable bonds is 10. The summed E-state index contributed by atoms with van der Waals surface area (Å²) in [5.74, 6) is 0.688. The fourth-order valence-electron chi connectivity index (χ4n) is 2.29. The first-order valence-corrected chi connectivity index (χ1v) is 8.24. The van der Waals surface area contributed by atoms with Crippen molar-refractivity contribution >= 4 is 11.6 Å². The lowest BCUT2D eigenvalue weighted by Crippen LogP contribution is -2.42. The van der Waals surface area contributed by atoms with E-state index in [9.17, 15) is 4.79 Å². The molecule has 0 spiro atoms. The average Bonchev–Trinajstić information content (AvgIpc) is 2.49. The van der Waals surface area contributed by atoms with E-state index in [1.54, 1.807) is 0 Å². The van der Waals surface area contributed by atoms with Crippen LogP contribution in [0.2, 0.25) is 0 Å². The van der Waals surface area contributed by atoms with Crippen LogP contribution < -0.4 is 10.1 Å². The van der Waals surface area contributed by atoms with Crippen molar-refractivity contribution in [3.63, 3.8) is 0 Å². The molecule has 1 aromatic rings. The van der Waals surface area contributed by atoms with E-state index in [-0.39, 0.29) is 5.91 Å². The van der Waals surface area contributed by atoms with Gasteiger partial charge in [0.25, 0.3) is 5.91 Å². The van der Waals surface area contributed by atoms with Gasteiger partial charge in [0, 0.05) is 18.8 Å². The van der Waals surface area contributed by atoms with Crippen molar-refractivity contribution in [2.24, 2.45) is 0 Å². The topological polar surface area (TPSA) is 50.8 Å². The summed E-state index contributed by atoms with van der Waals surface area (Å²) in [6.45, 7) is 7.81. The minimum atomic E-state index is -0.787. The Kier molecular flexibility index (Phi) is 8.06. The zero-order valence-corrected chi connectivity index (χ0v) is 15.0. The molecular weight excluding hydrogens is 292 g/mol. The predicted octanol–water partition coefficient (Wildman–Crippen LogP) is 3.16. The Morgan fingerprint density at radius 1 is 1.22 bits per heavy atom. The van der Waals surface area contributed by atoms with Crippen molar-refractivity contribution in [3.8, 4) is 5.75 Å². The average molecular weight is 322 g/mol. The highest BCUT2D eigenvalue weighted by atomic mass is 16.5. The SMILES string of the molecule is CCC[C@@](C)(OCC)C(=O)Nc1ccc(OCCN(C)C)cc1. The molecule has 0 aromatic heterocycles. The molecule has 1 rings (SSSR count). The van der Waals surface area contributed by atoms with Gasteiger partial charge in [0.05, 0.1) is 0 Å². The summed E-state index contributed by atoms with van der Waals surface area (Å²) >= 11 is 0. The molecule has 1 amide bonds. The Morgan fingerprint density at radius 3 is 2.39 bits per heavy atom. The molecular formula is C18H30N2O3.